The molecule has 0 heterocycles. The fraction of sp³-hybridized carbons (Fsp3) is 0.457. The fourth-order valence-corrected chi connectivity index (χ4v) is 7.94. The number of unbranched alkanes of at least 4 members (excludes halogenated alkanes) is 7. The summed E-state index contributed by atoms with van der Waals surface area (Å²) in [6.07, 6.45) is 123. The Morgan fingerprint density at radius 1 is 0.267 bits per heavy atom. The minimum atomic E-state index is -0.824. The summed E-state index contributed by atoms with van der Waals surface area (Å²) in [4.78, 5) is 24.6. The predicted molar refractivity (Wildman–Crippen MR) is 379 cm³/mol. The van der Waals surface area contributed by atoms with Gasteiger partial charge in [-0.15, -0.1) is 0 Å². The molecule has 0 amide bonds. The lowest BCUT2D eigenvalue weighted by molar-refractivity contribution is -0.161. The van der Waals surface area contributed by atoms with Gasteiger partial charge in [-0.05, 0) is 173 Å². The summed E-state index contributed by atoms with van der Waals surface area (Å²) in [5, 5.41) is 9.68. The molecule has 0 bridgehead atoms. The third-order valence-electron chi connectivity index (χ3n) is 12.8. The van der Waals surface area contributed by atoms with Crippen LogP contribution in [-0.4, -0.2) is 36.4 Å². The van der Waals surface area contributed by atoms with Gasteiger partial charge in [-0.3, -0.25) is 9.59 Å². The van der Waals surface area contributed by atoms with Crippen molar-refractivity contribution in [1.82, 2.24) is 0 Å². The van der Waals surface area contributed by atoms with E-state index in [4.69, 9.17) is 9.47 Å². The van der Waals surface area contributed by atoms with Gasteiger partial charge in [-0.2, -0.15) is 0 Å². The molecule has 0 rings (SSSR count). The average Bonchev–Trinajstić information content (AvgIpc) is 3.55. The molecule has 0 fully saturated rings. The zero-order valence-electron chi connectivity index (χ0n) is 53.9. The normalized spacial score (nSPS) is 13.9. The van der Waals surface area contributed by atoms with Crippen LogP contribution in [0.1, 0.15) is 219 Å². The Morgan fingerprint density at radius 3 is 0.721 bits per heavy atom. The van der Waals surface area contributed by atoms with Crippen LogP contribution in [0.25, 0.3) is 0 Å². The Bertz CT molecular complexity index is 2210. The zero-order chi connectivity index (χ0) is 61.9. The van der Waals surface area contributed by atoms with E-state index in [0.29, 0.717) is 12.8 Å². The highest BCUT2D eigenvalue weighted by atomic mass is 16.6. The van der Waals surface area contributed by atoms with E-state index in [0.717, 1.165) is 193 Å². The van der Waals surface area contributed by atoms with Gasteiger partial charge in [-0.1, -0.05) is 288 Å². The van der Waals surface area contributed by atoms with Gasteiger partial charge < -0.3 is 14.6 Å². The van der Waals surface area contributed by atoms with Crippen molar-refractivity contribution >= 4 is 11.9 Å². The van der Waals surface area contributed by atoms with Crippen LogP contribution in [0.4, 0.5) is 0 Å². The minimum Gasteiger partial charge on any atom is -0.462 e. The van der Waals surface area contributed by atoms with Crippen molar-refractivity contribution in [2.75, 3.05) is 13.2 Å². The highest BCUT2D eigenvalue weighted by Gasteiger charge is 2.16. The number of aliphatic hydroxyl groups is 1. The van der Waals surface area contributed by atoms with Gasteiger partial charge in [0, 0.05) is 12.8 Å². The van der Waals surface area contributed by atoms with Crippen LogP contribution in [0.2, 0.25) is 0 Å². The molecule has 0 radical (unpaired) electrons. The second kappa shape index (κ2) is 72.7. The van der Waals surface area contributed by atoms with E-state index < -0.39 is 6.10 Å². The maximum absolute atomic E-state index is 12.3. The average molecular weight is 1170 g/mol. The summed E-state index contributed by atoms with van der Waals surface area (Å²) >= 11 is 0. The number of ether oxygens (including phenoxy) is 2. The Morgan fingerprint density at radius 2 is 0.465 bits per heavy atom. The van der Waals surface area contributed by atoms with Gasteiger partial charge in [0.05, 0.1) is 6.61 Å². The molecule has 472 valence electrons. The van der Waals surface area contributed by atoms with Crippen LogP contribution in [0.15, 0.2) is 255 Å². The molecule has 0 aromatic rings. The first kappa shape index (κ1) is 79.4. The third kappa shape index (κ3) is 69.9. The number of allylic oxidation sites excluding steroid dienone is 42. The van der Waals surface area contributed by atoms with E-state index in [9.17, 15) is 14.7 Å². The summed E-state index contributed by atoms with van der Waals surface area (Å²) in [6, 6.07) is 0. The lowest BCUT2D eigenvalue weighted by Crippen LogP contribution is -2.28. The maximum Gasteiger partial charge on any atom is 0.306 e. The van der Waals surface area contributed by atoms with E-state index in [1.165, 1.54) is 0 Å². The second-order valence-corrected chi connectivity index (χ2v) is 20.7. The van der Waals surface area contributed by atoms with Crippen molar-refractivity contribution in [2.24, 2.45) is 0 Å². The number of hydrogen-bond donors (Lipinski definition) is 1. The first-order chi connectivity index (χ1) is 42.6. The smallest absolute Gasteiger partial charge is 0.306 e. The highest BCUT2D eigenvalue weighted by molar-refractivity contribution is 5.70. The van der Waals surface area contributed by atoms with E-state index in [1.54, 1.807) is 0 Å². The van der Waals surface area contributed by atoms with E-state index in [1.807, 2.05) is 0 Å². The van der Waals surface area contributed by atoms with Crippen LogP contribution >= 0.6 is 0 Å². The van der Waals surface area contributed by atoms with Crippen molar-refractivity contribution in [3.05, 3.63) is 255 Å². The van der Waals surface area contributed by atoms with Gasteiger partial charge in [0.15, 0.2) is 6.10 Å². The number of rotatable bonds is 57. The topological polar surface area (TPSA) is 72.8 Å². The molecule has 0 aromatic heterocycles. The van der Waals surface area contributed by atoms with Gasteiger partial charge >= 0.3 is 11.9 Å². The largest absolute Gasteiger partial charge is 0.462 e. The molecular formula is C81H118O5. The molecule has 1 N–H and O–H groups in total. The standard InChI is InChI=1S/C81H118O5/c1-3-5-7-9-11-13-15-17-19-21-23-25-27-29-31-33-35-37-38-39-40-41-42-44-46-48-50-52-54-56-58-60-62-64-66-68-70-72-74-76-81(84)86-79(77-82)78-85-80(83)75-73-71-69-67-65-63-61-59-57-55-53-51-49-47-45-43-36-34-32-30-28-26-24-22-20-18-16-14-12-10-8-6-4-2/h5-8,11-14,17-20,23-26,29-32,35-37,39-40,42-44,47-50,53-56,59-62,65,67,79,82H,3-4,9-10,15-16,21-22,27-28,33-34,38,41,45-46,51-52,57-58,63-64,66,68-78H2,1-2H3/b7-5-,8-6-,13-11-,14-12-,19-17-,20-18-,25-23-,26-24-,31-29-,32-30-,37-35-,40-39-,43-36-,44-42-,49-47-,50-48-,55-53-,56-54-,61-59-,62-60-,67-65-. The quantitative estimate of drug-likeness (QED) is 0.0373. The van der Waals surface area contributed by atoms with Gasteiger partial charge in [0.25, 0.3) is 0 Å². The van der Waals surface area contributed by atoms with Gasteiger partial charge in [-0.25, -0.2) is 0 Å². The monoisotopic (exact) mass is 1170 g/mol. The zero-order valence-corrected chi connectivity index (χ0v) is 53.9. The molecule has 0 aliphatic carbocycles. The molecule has 1 atom stereocenters. The van der Waals surface area contributed by atoms with Gasteiger partial charge in [0.1, 0.15) is 6.61 Å². The summed E-state index contributed by atoms with van der Waals surface area (Å²) in [7, 11) is 0. The SMILES string of the molecule is CC/C=C\C/C=C\C/C=C\C/C=C\C/C=C\C/C=C\C/C=C\C/C=C\C/C=C\C/C=C\C/C=C\CCCCCCCC(=O)OC(CO)COC(=O)CCCC/C=C\C/C=C\C/C=C\C/C=C\C/C=C\C/C=C\C/C=C\C/C=C\C/C=C\C/C=C\CC. The first-order valence-electron chi connectivity index (χ1n) is 33.2. The first-order valence-corrected chi connectivity index (χ1v) is 33.2. The molecule has 1 unspecified atom stereocenters. The molecule has 0 aromatic carbocycles. The van der Waals surface area contributed by atoms with Crippen LogP contribution in [-0.2, 0) is 19.1 Å². The summed E-state index contributed by atoms with van der Waals surface area (Å²) in [5.41, 5.74) is 0. The van der Waals surface area contributed by atoms with Crippen LogP contribution < -0.4 is 0 Å². The number of aliphatic hydroxyl groups excluding tert-OH is 1. The van der Waals surface area contributed by atoms with E-state index >= 15 is 0 Å². The number of carbonyl (C=O) groups excluding carboxylic acids is 2. The third-order valence-corrected chi connectivity index (χ3v) is 12.8. The number of carbonyl (C=O) groups is 2. The fourth-order valence-electron chi connectivity index (χ4n) is 7.94. The van der Waals surface area contributed by atoms with Crippen molar-refractivity contribution < 1.29 is 24.2 Å². The summed E-state index contributed by atoms with van der Waals surface area (Å²) in [5.74, 6) is -0.688. The number of hydrogen-bond acceptors (Lipinski definition) is 5. The van der Waals surface area contributed by atoms with Crippen LogP contribution in [0.5, 0.6) is 0 Å². The molecule has 5 nitrogen and oxygen atoms in total. The number of esters is 2. The molecule has 0 aliphatic rings. The molecular weight excluding hydrogens is 1050 g/mol. The van der Waals surface area contributed by atoms with Crippen LogP contribution in [0, 0.1) is 0 Å². The van der Waals surface area contributed by atoms with Crippen molar-refractivity contribution in [1.29, 1.82) is 0 Å². The molecule has 86 heavy (non-hydrogen) atoms. The molecule has 5 heteroatoms. The van der Waals surface area contributed by atoms with Crippen molar-refractivity contribution in [2.45, 2.75) is 225 Å². The molecule has 0 saturated heterocycles. The maximum atomic E-state index is 12.3. The summed E-state index contributed by atoms with van der Waals surface area (Å²) in [6.45, 7) is 3.84. The molecule has 0 aliphatic heterocycles. The van der Waals surface area contributed by atoms with Crippen molar-refractivity contribution in [3.63, 3.8) is 0 Å². The Kier molecular flexibility index (Phi) is 67.2. The summed E-state index contributed by atoms with van der Waals surface area (Å²) < 4.78 is 10.7. The highest BCUT2D eigenvalue weighted by Crippen LogP contribution is 2.11. The Balaban J connectivity index is 3.74. The molecule has 0 saturated carbocycles. The van der Waals surface area contributed by atoms with E-state index in [2.05, 4.69) is 269 Å². The lowest BCUT2D eigenvalue weighted by atomic mass is 10.1. The predicted octanol–water partition coefficient (Wildman–Crippen LogP) is 23.6. The van der Waals surface area contributed by atoms with Crippen molar-refractivity contribution in [3.8, 4) is 0 Å². The lowest BCUT2D eigenvalue weighted by Gasteiger charge is -2.15. The second-order valence-electron chi connectivity index (χ2n) is 20.7. The van der Waals surface area contributed by atoms with E-state index in [-0.39, 0.29) is 25.2 Å². The minimum absolute atomic E-state index is 0.116. The van der Waals surface area contributed by atoms with Gasteiger partial charge in [0.2, 0.25) is 0 Å². The molecule has 0 spiro atoms. The Labute approximate surface area is 527 Å². The van der Waals surface area contributed by atoms with Crippen LogP contribution in [0.3, 0.4) is 0 Å². The Hall–Kier alpha value is -6.56.